The SMILES string of the molecule is CNC1CCN(Cc2ccc3ccc(C#N)cc3c2)CC1. The Morgan fingerprint density at radius 1 is 1.14 bits per heavy atom. The number of nitriles is 1. The van der Waals surface area contributed by atoms with Crippen LogP contribution in [-0.2, 0) is 6.54 Å². The molecule has 3 heteroatoms. The second-order valence-electron chi connectivity index (χ2n) is 5.85. The van der Waals surface area contributed by atoms with Gasteiger partial charge >= 0.3 is 0 Å². The van der Waals surface area contributed by atoms with Gasteiger partial charge in [0.05, 0.1) is 11.6 Å². The highest BCUT2D eigenvalue weighted by atomic mass is 15.1. The van der Waals surface area contributed by atoms with Gasteiger partial charge in [-0.1, -0.05) is 18.2 Å². The molecule has 0 aromatic heterocycles. The van der Waals surface area contributed by atoms with Crippen LogP contribution < -0.4 is 5.32 Å². The Labute approximate surface area is 126 Å². The summed E-state index contributed by atoms with van der Waals surface area (Å²) in [4.78, 5) is 2.52. The van der Waals surface area contributed by atoms with Crippen LogP contribution >= 0.6 is 0 Å². The molecule has 2 aromatic carbocycles. The normalized spacial score (nSPS) is 17.0. The van der Waals surface area contributed by atoms with Crippen LogP contribution in [0.4, 0.5) is 0 Å². The fourth-order valence-corrected chi connectivity index (χ4v) is 3.10. The molecule has 0 aliphatic carbocycles. The van der Waals surface area contributed by atoms with Gasteiger partial charge in [0, 0.05) is 12.6 Å². The number of likely N-dealkylation sites (tertiary alicyclic amines) is 1. The Bertz CT molecular complexity index is 664. The second kappa shape index (κ2) is 6.26. The van der Waals surface area contributed by atoms with E-state index in [2.05, 4.69) is 41.5 Å². The number of rotatable bonds is 3. The third kappa shape index (κ3) is 3.24. The number of hydrogen-bond donors (Lipinski definition) is 1. The van der Waals surface area contributed by atoms with Crippen molar-refractivity contribution in [2.45, 2.75) is 25.4 Å². The van der Waals surface area contributed by atoms with Crippen LogP contribution in [0.5, 0.6) is 0 Å². The van der Waals surface area contributed by atoms with Crippen LogP contribution in [0.3, 0.4) is 0 Å². The molecule has 1 saturated heterocycles. The topological polar surface area (TPSA) is 39.1 Å². The van der Waals surface area contributed by atoms with E-state index in [0.29, 0.717) is 6.04 Å². The molecule has 3 rings (SSSR count). The molecular formula is C18H21N3. The fraction of sp³-hybridized carbons (Fsp3) is 0.389. The summed E-state index contributed by atoms with van der Waals surface area (Å²) in [5.41, 5.74) is 2.06. The van der Waals surface area contributed by atoms with Crippen LogP contribution in [0.1, 0.15) is 24.0 Å². The minimum atomic E-state index is 0.677. The van der Waals surface area contributed by atoms with Gasteiger partial charge in [-0.2, -0.15) is 5.26 Å². The summed E-state index contributed by atoms with van der Waals surface area (Å²) in [6.07, 6.45) is 2.45. The Morgan fingerprint density at radius 2 is 1.90 bits per heavy atom. The van der Waals surface area contributed by atoms with E-state index in [1.807, 2.05) is 18.2 Å². The number of nitrogens with one attached hydrogen (secondary N) is 1. The van der Waals surface area contributed by atoms with Crippen molar-refractivity contribution in [3.8, 4) is 6.07 Å². The minimum absolute atomic E-state index is 0.677. The molecule has 0 unspecified atom stereocenters. The summed E-state index contributed by atoms with van der Waals surface area (Å²) < 4.78 is 0. The first-order valence-corrected chi connectivity index (χ1v) is 7.61. The van der Waals surface area contributed by atoms with Gasteiger partial charge in [0.15, 0.2) is 0 Å². The van der Waals surface area contributed by atoms with Gasteiger partial charge in [0.2, 0.25) is 0 Å². The van der Waals surface area contributed by atoms with E-state index in [1.165, 1.54) is 23.8 Å². The summed E-state index contributed by atoms with van der Waals surface area (Å²) >= 11 is 0. The first kappa shape index (κ1) is 14.1. The van der Waals surface area contributed by atoms with Crippen molar-refractivity contribution in [2.75, 3.05) is 20.1 Å². The summed E-state index contributed by atoms with van der Waals surface area (Å²) in [7, 11) is 2.05. The lowest BCUT2D eigenvalue weighted by molar-refractivity contribution is 0.194. The van der Waals surface area contributed by atoms with Crippen LogP contribution in [0.25, 0.3) is 10.8 Å². The number of fused-ring (bicyclic) bond motifs is 1. The fourth-order valence-electron chi connectivity index (χ4n) is 3.10. The van der Waals surface area contributed by atoms with Gasteiger partial charge in [0.25, 0.3) is 0 Å². The van der Waals surface area contributed by atoms with Crippen molar-refractivity contribution in [3.63, 3.8) is 0 Å². The zero-order valence-corrected chi connectivity index (χ0v) is 12.5. The summed E-state index contributed by atoms with van der Waals surface area (Å²) in [5.74, 6) is 0. The molecule has 3 nitrogen and oxygen atoms in total. The first-order chi connectivity index (χ1) is 10.3. The number of nitrogens with zero attached hydrogens (tertiary/aromatic N) is 2. The largest absolute Gasteiger partial charge is 0.317 e. The lowest BCUT2D eigenvalue weighted by Crippen LogP contribution is -2.40. The number of piperidine rings is 1. The van der Waals surface area contributed by atoms with E-state index in [9.17, 15) is 0 Å². The Kier molecular flexibility index (Phi) is 4.19. The average molecular weight is 279 g/mol. The minimum Gasteiger partial charge on any atom is -0.317 e. The first-order valence-electron chi connectivity index (χ1n) is 7.61. The quantitative estimate of drug-likeness (QED) is 0.939. The zero-order valence-electron chi connectivity index (χ0n) is 12.5. The molecule has 0 spiro atoms. The highest BCUT2D eigenvalue weighted by Crippen LogP contribution is 2.20. The van der Waals surface area contributed by atoms with Gasteiger partial charge in [-0.05, 0) is 67.5 Å². The predicted octanol–water partition coefficient (Wildman–Crippen LogP) is 2.90. The summed E-state index contributed by atoms with van der Waals surface area (Å²) in [6.45, 7) is 3.31. The molecule has 1 aliphatic rings. The Balaban J connectivity index is 1.74. The molecule has 0 amide bonds. The third-order valence-corrected chi connectivity index (χ3v) is 4.44. The van der Waals surface area contributed by atoms with E-state index in [-0.39, 0.29) is 0 Å². The van der Waals surface area contributed by atoms with Crippen molar-refractivity contribution < 1.29 is 0 Å². The molecule has 1 N–H and O–H groups in total. The Hall–Kier alpha value is -1.89. The van der Waals surface area contributed by atoms with E-state index < -0.39 is 0 Å². The molecule has 1 heterocycles. The summed E-state index contributed by atoms with van der Waals surface area (Å²) in [5, 5.41) is 14.7. The maximum atomic E-state index is 9.01. The van der Waals surface area contributed by atoms with E-state index in [0.717, 1.165) is 30.6 Å². The van der Waals surface area contributed by atoms with E-state index >= 15 is 0 Å². The third-order valence-electron chi connectivity index (χ3n) is 4.44. The molecular weight excluding hydrogens is 258 g/mol. The van der Waals surface area contributed by atoms with Gasteiger partial charge in [-0.3, -0.25) is 4.90 Å². The van der Waals surface area contributed by atoms with Crippen molar-refractivity contribution in [3.05, 3.63) is 47.5 Å². The van der Waals surface area contributed by atoms with Gasteiger partial charge in [0.1, 0.15) is 0 Å². The van der Waals surface area contributed by atoms with Gasteiger partial charge < -0.3 is 5.32 Å². The molecule has 0 radical (unpaired) electrons. The maximum absolute atomic E-state index is 9.01. The monoisotopic (exact) mass is 279 g/mol. The maximum Gasteiger partial charge on any atom is 0.0991 e. The Morgan fingerprint density at radius 3 is 2.62 bits per heavy atom. The number of hydrogen-bond acceptors (Lipinski definition) is 3. The van der Waals surface area contributed by atoms with Crippen molar-refractivity contribution in [2.24, 2.45) is 0 Å². The van der Waals surface area contributed by atoms with E-state index in [4.69, 9.17) is 5.26 Å². The van der Waals surface area contributed by atoms with Crippen LogP contribution in [0.2, 0.25) is 0 Å². The van der Waals surface area contributed by atoms with E-state index in [1.54, 1.807) is 0 Å². The molecule has 1 fully saturated rings. The molecule has 2 aromatic rings. The average Bonchev–Trinajstić information content (AvgIpc) is 2.55. The molecule has 108 valence electrons. The zero-order chi connectivity index (χ0) is 14.7. The van der Waals surface area contributed by atoms with Crippen molar-refractivity contribution in [1.82, 2.24) is 10.2 Å². The summed E-state index contributed by atoms with van der Waals surface area (Å²) in [6, 6.07) is 15.4. The number of benzene rings is 2. The predicted molar refractivity (Wildman–Crippen MR) is 86.0 cm³/mol. The molecule has 21 heavy (non-hydrogen) atoms. The molecule has 0 bridgehead atoms. The highest BCUT2D eigenvalue weighted by molar-refractivity contribution is 5.84. The lowest BCUT2D eigenvalue weighted by atomic mass is 10.0. The standard InChI is InChI=1S/C18H21N3/c1-20-18-6-8-21(9-7-18)13-15-3-5-16-4-2-14(12-19)10-17(16)11-15/h2-5,10-11,18,20H,6-9,13H2,1H3. The molecule has 0 atom stereocenters. The van der Waals surface area contributed by atoms with Crippen molar-refractivity contribution >= 4 is 10.8 Å². The molecule has 0 saturated carbocycles. The van der Waals surface area contributed by atoms with Gasteiger partial charge in [-0.15, -0.1) is 0 Å². The lowest BCUT2D eigenvalue weighted by Gasteiger charge is -2.31. The van der Waals surface area contributed by atoms with Crippen LogP contribution in [0, 0.1) is 11.3 Å². The van der Waals surface area contributed by atoms with Gasteiger partial charge in [-0.25, -0.2) is 0 Å². The smallest absolute Gasteiger partial charge is 0.0991 e. The van der Waals surface area contributed by atoms with Crippen LogP contribution in [-0.4, -0.2) is 31.1 Å². The van der Waals surface area contributed by atoms with Crippen LogP contribution in [0.15, 0.2) is 36.4 Å². The highest BCUT2D eigenvalue weighted by Gasteiger charge is 2.17. The second-order valence-corrected chi connectivity index (χ2v) is 5.85. The van der Waals surface area contributed by atoms with Crippen molar-refractivity contribution in [1.29, 1.82) is 5.26 Å². The molecule has 1 aliphatic heterocycles.